The molecule has 2 rings (SSSR count). The molecule has 0 aliphatic heterocycles. The molecule has 7 heteroatoms. The number of nitrogens with one attached hydrogen (secondary N) is 2. The number of rotatable bonds is 6. The van der Waals surface area contributed by atoms with Gasteiger partial charge in [0.2, 0.25) is 11.8 Å². The third-order valence-electron chi connectivity index (χ3n) is 3.27. The van der Waals surface area contributed by atoms with Crippen LogP contribution in [-0.4, -0.2) is 28.9 Å². The first-order chi connectivity index (χ1) is 12.0. The van der Waals surface area contributed by atoms with Crippen LogP contribution in [-0.2, 0) is 27.4 Å². The highest BCUT2D eigenvalue weighted by molar-refractivity contribution is 5.99. The van der Waals surface area contributed by atoms with Gasteiger partial charge in [-0.2, -0.15) is 0 Å². The number of benzene rings is 1. The van der Waals surface area contributed by atoms with Gasteiger partial charge in [0.15, 0.2) is 0 Å². The van der Waals surface area contributed by atoms with E-state index in [0.717, 1.165) is 5.56 Å². The zero-order chi connectivity index (χ0) is 18.1. The standard InChI is InChI=1S/C18H19N3O4/c1-13(20-18(24)25-12-14-7-3-2-4-8-14)17(23)21-16(22)11-15-9-5-6-10-19-15/h2-10,13H,11-12H2,1H3,(H,20,24)(H,21,22,23)/t13-/m0/s1. The predicted molar refractivity (Wildman–Crippen MR) is 90.3 cm³/mol. The van der Waals surface area contributed by atoms with Crippen molar-refractivity contribution in [2.24, 2.45) is 0 Å². The summed E-state index contributed by atoms with van der Waals surface area (Å²) in [6.07, 6.45) is 0.818. The lowest BCUT2D eigenvalue weighted by atomic mass is 10.2. The summed E-state index contributed by atoms with van der Waals surface area (Å²) in [5.41, 5.74) is 1.39. The van der Waals surface area contributed by atoms with Crippen molar-refractivity contribution in [1.82, 2.24) is 15.6 Å². The van der Waals surface area contributed by atoms with Crippen molar-refractivity contribution in [2.75, 3.05) is 0 Å². The highest BCUT2D eigenvalue weighted by atomic mass is 16.5. The van der Waals surface area contributed by atoms with Gasteiger partial charge in [0.1, 0.15) is 12.6 Å². The minimum Gasteiger partial charge on any atom is -0.445 e. The molecular formula is C18H19N3O4. The van der Waals surface area contributed by atoms with E-state index in [9.17, 15) is 14.4 Å². The molecule has 0 aliphatic rings. The van der Waals surface area contributed by atoms with Gasteiger partial charge in [-0.25, -0.2) is 4.79 Å². The molecule has 130 valence electrons. The number of hydrogen-bond donors (Lipinski definition) is 2. The predicted octanol–water partition coefficient (Wildman–Crippen LogP) is 1.58. The van der Waals surface area contributed by atoms with Crippen LogP contribution in [0.4, 0.5) is 4.79 Å². The average molecular weight is 341 g/mol. The van der Waals surface area contributed by atoms with Gasteiger partial charge in [-0.3, -0.25) is 19.9 Å². The molecule has 7 nitrogen and oxygen atoms in total. The second kappa shape index (κ2) is 9.17. The van der Waals surface area contributed by atoms with Crippen molar-refractivity contribution in [3.63, 3.8) is 0 Å². The average Bonchev–Trinajstić information content (AvgIpc) is 2.61. The number of imide groups is 1. The fourth-order valence-corrected chi connectivity index (χ4v) is 1.96. The minimum atomic E-state index is -0.907. The van der Waals surface area contributed by atoms with Crippen LogP contribution < -0.4 is 10.6 Å². The summed E-state index contributed by atoms with van der Waals surface area (Å²) in [5, 5.41) is 4.60. The first-order valence-electron chi connectivity index (χ1n) is 7.75. The van der Waals surface area contributed by atoms with Crippen LogP contribution in [0.1, 0.15) is 18.2 Å². The van der Waals surface area contributed by atoms with E-state index in [1.807, 2.05) is 30.3 Å². The maximum absolute atomic E-state index is 11.9. The van der Waals surface area contributed by atoms with Gasteiger partial charge < -0.3 is 10.1 Å². The molecular weight excluding hydrogens is 322 g/mol. The van der Waals surface area contributed by atoms with E-state index < -0.39 is 23.9 Å². The molecule has 25 heavy (non-hydrogen) atoms. The van der Waals surface area contributed by atoms with Gasteiger partial charge in [0.05, 0.1) is 6.42 Å². The third-order valence-corrected chi connectivity index (χ3v) is 3.27. The summed E-state index contributed by atoms with van der Waals surface area (Å²) in [6.45, 7) is 1.56. The number of nitrogens with zero attached hydrogens (tertiary/aromatic N) is 1. The van der Waals surface area contributed by atoms with E-state index in [1.54, 1.807) is 24.4 Å². The quantitative estimate of drug-likeness (QED) is 0.831. The smallest absolute Gasteiger partial charge is 0.408 e. The van der Waals surface area contributed by atoms with Crippen molar-refractivity contribution in [3.05, 3.63) is 66.0 Å². The Labute approximate surface area is 145 Å². The second-order valence-electron chi connectivity index (χ2n) is 5.34. The molecule has 0 bridgehead atoms. The number of amides is 3. The molecule has 0 fully saturated rings. The van der Waals surface area contributed by atoms with E-state index in [-0.39, 0.29) is 13.0 Å². The van der Waals surface area contributed by atoms with Crippen LogP contribution in [0.15, 0.2) is 54.7 Å². The van der Waals surface area contributed by atoms with Crippen LogP contribution >= 0.6 is 0 Å². The first-order valence-corrected chi connectivity index (χ1v) is 7.75. The van der Waals surface area contributed by atoms with Crippen LogP contribution in [0.3, 0.4) is 0 Å². The summed E-state index contributed by atoms with van der Waals surface area (Å²) >= 11 is 0. The molecule has 2 N–H and O–H groups in total. The maximum atomic E-state index is 11.9. The molecule has 0 saturated carbocycles. The summed E-state index contributed by atoms with van der Waals surface area (Å²) in [6, 6.07) is 13.4. The number of carbonyl (C=O) groups excluding carboxylic acids is 3. The number of pyridine rings is 1. The fraction of sp³-hybridized carbons (Fsp3) is 0.222. The van der Waals surface area contributed by atoms with E-state index >= 15 is 0 Å². The Morgan fingerprint density at radius 3 is 2.48 bits per heavy atom. The molecule has 1 aromatic carbocycles. The number of aromatic nitrogens is 1. The summed E-state index contributed by atoms with van der Waals surface area (Å²) < 4.78 is 5.02. The fourth-order valence-electron chi connectivity index (χ4n) is 1.96. The van der Waals surface area contributed by atoms with Gasteiger partial charge in [-0.1, -0.05) is 36.4 Å². The first kappa shape index (κ1) is 18.1. The molecule has 1 aromatic heterocycles. The number of hydrogen-bond acceptors (Lipinski definition) is 5. The van der Waals surface area contributed by atoms with Crippen LogP contribution in [0.2, 0.25) is 0 Å². The SMILES string of the molecule is C[C@H](NC(=O)OCc1ccccc1)C(=O)NC(=O)Cc1ccccn1. The number of alkyl carbamates (subject to hydrolysis) is 1. The molecule has 0 spiro atoms. The Morgan fingerprint density at radius 2 is 1.80 bits per heavy atom. The lowest BCUT2D eigenvalue weighted by Gasteiger charge is -2.13. The van der Waals surface area contributed by atoms with Gasteiger partial charge in [-0.05, 0) is 24.6 Å². The second-order valence-corrected chi connectivity index (χ2v) is 5.34. The molecule has 2 aromatic rings. The molecule has 0 radical (unpaired) electrons. The summed E-state index contributed by atoms with van der Waals surface area (Å²) in [7, 11) is 0. The Kier molecular flexibility index (Phi) is 6.65. The Balaban J connectivity index is 1.73. The zero-order valence-electron chi connectivity index (χ0n) is 13.8. The lowest BCUT2D eigenvalue weighted by molar-refractivity contribution is -0.131. The van der Waals surface area contributed by atoms with Crippen molar-refractivity contribution in [1.29, 1.82) is 0 Å². The zero-order valence-corrected chi connectivity index (χ0v) is 13.8. The molecule has 0 saturated heterocycles. The number of ether oxygens (including phenoxy) is 1. The molecule has 3 amide bonds. The van der Waals surface area contributed by atoms with Crippen molar-refractivity contribution in [3.8, 4) is 0 Å². The molecule has 0 unspecified atom stereocenters. The molecule has 1 heterocycles. The topological polar surface area (TPSA) is 97.4 Å². The van der Waals surface area contributed by atoms with Gasteiger partial charge >= 0.3 is 6.09 Å². The maximum Gasteiger partial charge on any atom is 0.408 e. The van der Waals surface area contributed by atoms with Crippen molar-refractivity contribution >= 4 is 17.9 Å². The normalized spacial score (nSPS) is 11.2. The summed E-state index contributed by atoms with van der Waals surface area (Å²) in [4.78, 5) is 39.4. The molecule has 1 atom stereocenters. The van der Waals surface area contributed by atoms with Gasteiger partial charge in [0.25, 0.3) is 0 Å². The van der Waals surface area contributed by atoms with Crippen LogP contribution in [0, 0.1) is 0 Å². The van der Waals surface area contributed by atoms with Gasteiger partial charge in [0, 0.05) is 11.9 Å². The van der Waals surface area contributed by atoms with E-state index in [4.69, 9.17) is 4.74 Å². The van der Waals surface area contributed by atoms with Crippen molar-refractivity contribution < 1.29 is 19.1 Å². The third kappa shape index (κ3) is 6.42. The monoisotopic (exact) mass is 341 g/mol. The van der Waals surface area contributed by atoms with E-state index in [1.165, 1.54) is 6.92 Å². The Morgan fingerprint density at radius 1 is 1.08 bits per heavy atom. The minimum absolute atomic E-state index is 0.0161. The van der Waals surface area contributed by atoms with Crippen LogP contribution in [0.5, 0.6) is 0 Å². The highest BCUT2D eigenvalue weighted by Gasteiger charge is 2.19. The van der Waals surface area contributed by atoms with Gasteiger partial charge in [-0.15, -0.1) is 0 Å². The Hall–Kier alpha value is -3.22. The summed E-state index contributed by atoms with van der Waals surface area (Å²) in [5.74, 6) is -1.10. The van der Waals surface area contributed by atoms with E-state index in [2.05, 4.69) is 15.6 Å². The number of carbonyl (C=O) groups is 3. The van der Waals surface area contributed by atoms with E-state index in [0.29, 0.717) is 5.69 Å². The molecule has 0 aliphatic carbocycles. The largest absolute Gasteiger partial charge is 0.445 e. The lowest BCUT2D eigenvalue weighted by Crippen LogP contribution is -2.47. The Bertz CT molecular complexity index is 720. The highest BCUT2D eigenvalue weighted by Crippen LogP contribution is 2.01. The van der Waals surface area contributed by atoms with Crippen molar-refractivity contribution in [2.45, 2.75) is 26.0 Å². The van der Waals surface area contributed by atoms with Crippen LogP contribution in [0.25, 0.3) is 0 Å².